The van der Waals surface area contributed by atoms with Crippen LogP contribution in [0.4, 0.5) is 5.69 Å². The van der Waals surface area contributed by atoms with Gasteiger partial charge in [0.15, 0.2) is 0 Å². The SMILES string of the molecule is CN(C)C(=O)CNc1ccccc1C#N. The molecular formula is C11H13N3O. The van der Waals surface area contributed by atoms with Gasteiger partial charge in [0.1, 0.15) is 6.07 Å². The topological polar surface area (TPSA) is 56.1 Å². The van der Waals surface area contributed by atoms with Crippen LogP contribution in [0.3, 0.4) is 0 Å². The molecule has 0 bridgehead atoms. The number of amides is 1. The molecule has 0 aliphatic carbocycles. The zero-order valence-electron chi connectivity index (χ0n) is 8.82. The number of nitrogens with one attached hydrogen (secondary N) is 1. The first-order chi connectivity index (χ1) is 7.15. The molecule has 1 aromatic carbocycles. The Hall–Kier alpha value is -2.02. The molecule has 0 radical (unpaired) electrons. The standard InChI is InChI=1S/C11H13N3O/c1-14(2)11(15)8-13-10-6-4-3-5-9(10)7-12/h3-6,13H,8H2,1-2H3. The molecule has 1 aromatic rings. The lowest BCUT2D eigenvalue weighted by molar-refractivity contribution is -0.126. The number of nitrogens with zero attached hydrogens (tertiary/aromatic N) is 2. The molecule has 1 rings (SSSR count). The van der Waals surface area contributed by atoms with Crippen LogP contribution in [0.1, 0.15) is 5.56 Å². The van der Waals surface area contributed by atoms with Crippen LogP contribution in [0.2, 0.25) is 0 Å². The van der Waals surface area contributed by atoms with Crippen LogP contribution >= 0.6 is 0 Å². The Bertz CT molecular complexity index is 393. The third-order valence-electron chi connectivity index (χ3n) is 1.98. The molecule has 0 spiro atoms. The van der Waals surface area contributed by atoms with E-state index in [1.54, 1.807) is 32.3 Å². The van der Waals surface area contributed by atoms with Crippen molar-refractivity contribution in [2.45, 2.75) is 0 Å². The maximum Gasteiger partial charge on any atom is 0.241 e. The van der Waals surface area contributed by atoms with Crippen LogP contribution < -0.4 is 5.32 Å². The van der Waals surface area contributed by atoms with Gasteiger partial charge in [0, 0.05) is 14.1 Å². The Morgan fingerprint density at radius 1 is 1.47 bits per heavy atom. The Labute approximate surface area is 89.1 Å². The van der Waals surface area contributed by atoms with E-state index in [-0.39, 0.29) is 12.5 Å². The molecule has 15 heavy (non-hydrogen) atoms. The van der Waals surface area contributed by atoms with Crippen LogP contribution in [0.15, 0.2) is 24.3 Å². The number of nitriles is 1. The number of anilines is 1. The molecule has 1 N–H and O–H groups in total. The highest BCUT2D eigenvalue weighted by Gasteiger charge is 2.05. The van der Waals surface area contributed by atoms with Crippen LogP contribution in [0.25, 0.3) is 0 Å². The fraction of sp³-hybridized carbons (Fsp3) is 0.273. The van der Waals surface area contributed by atoms with Gasteiger partial charge >= 0.3 is 0 Å². The summed E-state index contributed by atoms with van der Waals surface area (Å²) in [6.07, 6.45) is 0. The van der Waals surface area contributed by atoms with Gasteiger partial charge in [0.05, 0.1) is 17.8 Å². The Balaban J connectivity index is 2.66. The van der Waals surface area contributed by atoms with Gasteiger partial charge in [-0.15, -0.1) is 0 Å². The summed E-state index contributed by atoms with van der Waals surface area (Å²) in [6.45, 7) is 0.200. The minimum absolute atomic E-state index is 0.0252. The number of likely N-dealkylation sites (N-methyl/N-ethyl adjacent to an activating group) is 1. The molecule has 4 nitrogen and oxygen atoms in total. The summed E-state index contributed by atoms with van der Waals surface area (Å²) >= 11 is 0. The van der Waals surface area contributed by atoms with Crippen molar-refractivity contribution < 1.29 is 4.79 Å². The number of carbonyl (C=O) groups excluding carboxylic acids is 1. The summed E-state index contributed by atoms with van der Waals surface area (Å²) in [7, 11) is 3.39. The van der Waals surface area contributed by atoms with Gasteiger partial charge in [-0.2, -0.15) is 5.26 Å². The van der Waals surface area contributed by atoms with Gasteiger partial charge in [0.25, 0.3) is 0 Å². The molecule has 0 aliphatic heterocycles. The van der Waals surface area contributed by atoms with Crippen molar-refractivity contribution in [3.8, 4) is 6.07 Å². The van der Waals surface area contributed by atoms with E-state index < -0.39 is 0 Å². The first-order valence-electron chi connectivity index (χ1n) is 4.58. The number of para-hydroxylation sites is 1. The van der Waals surface area contributed by atoms with Crippen molar-refractivity contribution in [3.05, 3.63) is 29.8 Å². The Morgan fingerprint density at radius 2 is 2.13 bits per heavy atom. The first kappa shape index (κ1) is 11.1. The van der Waals surface area contributed by atoms with Crippen LogP contribution in [-0.2, 0) is 4.79 Å². The third kappa shape index (κ3) is 2.99. The Kier molecular flexibility index (Phi) is 3.69. The van der Waals surface area contributed by atoms with E-state index in [0.717, 1.165) is 0 Å². The highest BCUT2D eigenvalue weighted by molar-refractivity contribution is 5.80. The second-order valence-corrected chi connectivity index (χ2v) is 3.30. The summed E-state index contributed by atoms with van der Waals surface area (Å²) < 4.78 is 0. The highest BCUT2D eigenvalue weighted by atomic mass is 16.2. The monoisotopic (exact) mass is 203 g/mol. The van der Waals surface area contributed by atoms with Gasteiger partial charge in [-0.1, -0.05) is 12.1 Å². The predicted molar refractivity (Wildman–Crippen MR) is 58.3 cm³/mol. The number of rotatable bonds is 3. The highest BCUT2D eigenvalue weighted by Crippen LogP contribution is 2.12. The van der Waals surface area contributed by atoms with E-state index in [4.69, 9.17) is 5.26 Å². The fourth-order valence-electron chi connectivity index (χ4n) is 1.06. The second kappa shape index (κ2) is 5.01. The van der Waals surface area contributed by atoms with E-state index in [9.17, 15) is 4.79 Å². The summed E-state index contributed by atoms with van der Waals surface area (Å²) in [6, 6.07) is 9.16. The van der Waals surface area contributed by atoms with E-state index in [1.807, 2.05) is 6.07 Å². The van der Waals surface area contributed by atoms with Crippen molar-refractivity contribution in [1.29, 1.82) is 5.26 Å². The molecule has 0 saturated heterocycles. The van der Waals surface area contributed by atoms with Crippen molar-refractivity contribution in [2.24, 2.45) is 0 Å². The summed E-state index contributed by atoms with van der Waals surface area (Å²) in [5, 5.41) is 11.7. The van der Waals surface area contributed by atoms with E-state index in [0.29, 0.717) is 11.3 Å². The Morgan fingerprint density at radius 3 is 2.73 bits per heavy atom. The third-order valence-corrected chi connectivity index (χ3v) is 1.98. The average Bonchev–Trinajstić information content (AvgIpc) is 2.26. The lowest BCUT2D eigenvalue weighted by atomic mass is 10.2. The van der Waals surface area contributed by atoms with Gasteiger partial charge in [-0.25, -0.2) is 0 Å². The quantitative estimate of drug-likeness (QED) is 0.799. The zero-order chi connectivity index (χ0) is 11.3. The van der Waals surface area contributed by atoms with Crippen molar-refractivity contribution >= 4 is 11.6 Å². The molecule has 0 unspecified atom stereocenters. The van der Waals surface area contributed by atoms with Gasteiger partial charge < -0.3 is 10.2 Å². The first-order valence-corrected chi connectivity index (χ1v) is 4.58. The van der Waals surface area contributed by atoms with Crippen LogP contribution in [-0.4, -0.2) is 31.4 Å². The summed E-state index contributed by atoms with van der Waals surface area (Å²) in [5.41, 5.74) is 1.24. The van der Waals surface area contributed by atoms with E-state index in [2.05, 4.69) is 11.4 Å². The molecule has 4 heteroatoms. The minimum Gasteiger partial charge on any atom is -0.375 e. The molecular weight excluding hydrogens is 190 g/mol. The molecule has 0 aromatic heterocycles. The normalized spacial score (nSPS) is 9.13. The number of hydrogen-bond acceptors (Lipinski definition) is 3. The maximum absolute atomic E-state index is 11.3. The summed E-state index contributed by atoms with van der Waals surface area (Å²) in [4.78, 5) is 12.8. The van der Waals surface area contributed by atoms with Crippen LogP contribution in [0, 0.1) is 11.3 Å². The van der Waals surface area contributed by atoms with E-state index >= 15 is 0 Å². The van der Waals surface area contributed by atoms with Gasteiger partial charge in [-0.05, 0) is 12.1 Å². The molecule has 78 valence electrons. The second-order valence-electron chi connectivity index (χ2n) is 3.30. The fourth-order valence-corrected chi connectivity index (χ4v) is 1.06. The van der Waals surface area contributed by atoms with Gasteiger partial charge in [0.2, 0.25) is 5.91 Å². The molecule has 0 aliphatic rings. The minimum atomic E-state index is -0.0252. The van der Waals surface area contributed by atoms with Gasteiger partial charge in [-0.3, -0.25) is 4.79 Å². The predicted octanol–water partition coefficient (Wildman–Crippen LogP) is 1.06. The number of benzene rings is 1. The molecule has 0 fully saturated rings. The van der Waals surface area contributed by atoms with Crippen molar-refractivity contribution in [3.63, 3.8) is 0 Å². The van der Waals surface area contributed by atoms with E-state index in [1.165, 1.54) is 4.90 Å². The van der Waals surface area contributed by atoms with Crippen molar-refractivity contribution in [2.75, 3.05) is 26.0 Å². The lowest BCUT2D eigenvalue weighted by Crippen LogP contribution is -2.28. The average molecular weight is 203 g/mol. The number of carbonyl (C=O) groups is 1. The molecule has 0 atom stereocenters. The smallest absolute Gasteiger partial charge is 0.241 e. The van der Waals surface area contributed by atoms with Crippen LogP contribution in [0.5, 0.6) is 0 Å². The molecule has 0 saturated carbocycles. The summed E-state index contributed by atoms with van der Waals surface area (Å²) in [5.74, 6) is -0.0252. The van der Waals surface area contributed by atoms with Crippen molar-refractivity contribution in [1.82, 2.24) is 4.90 Å². The largest absolute Gasteiger partial charge is 0.375 e. The maximum atomic E-state index is 11.3. The molecule has 0 heterocycles. The zero-order valence-corrected chi connectivity index (χ0v) is 8.82. The molecule has 1 amide bonds. The number of hydrogen-bond donors (Lipinski definition) is 1. The lowest BCUT2D eigenvalue weighted by Gasteiger charge is -2.12.